The number of pyridine rings is 1. The summed E-state index contributed by atoms with van der Waals surface area (Å²) in [6.07, 6.45) is 3.08. The molecule has 2 aromatic heterocycles. The molecule has 2 N–H and O–H groups in total. The van der Waals surface area contributed by atoms with Gasteiger partial charge in [0.25, 0.3) is 5.91 Å². The molecule has 138 valence electrons. The molecule has 0 atom stereocenters. The molecule has 0 saturated heterocycles. The van der Waals surface area contributed by atoms with Gasteiger partial charge in [-0.3, -0.25) is 4.79 Å². The maximum absolute atomic E-state index is 13.0. The second-order valence-electron chi connectivity index (χ2n) is 8.58. The topological polar surface area (TPSA) is 97.1 Å². The number of carbonyl (C=O) groups is 2. The smallest absolute Gasteiger partial charge is 0.329 e. The minimum absolute atomic E-state index is 0.270. The number of carbonyl (C=O) groups excluding carboxylic acids is 1. The predicted molar refractivity (Wildman–Crippen MR) is 96.3 cm³/mol. The van der Waals surface area contributed by atoms with Gasteiger partial charge in [-0.2, -0.15) is 5.10 Å². The predicted octanol–water partition coefficient (Wildman–Crippen LogP) is 2.72. The lowest BCUT2D eigenvalue weighted by Gasteiger charge is -2.20. The normalized spacial score (nSPS) is 18.8. The molecule has 2 aliphatic carbocycles. The van der Waals surface area contributed by atoms with Crippen LogP contribution in [-0.4, -0.2) is 37.3 Å². The van der Waals surface area contributed by atoms with Crippen LogP contribution in [0, 0.1) is 6.92 Å². The number of carboxylic acids is 1. The zero-order chi connectivity index (χ0) is 18.9. The Morgan fingerprint density at radius 2 is 1.96 bits per heavy atom. The van der Waals surface area contributed by atoms with Crippen molar-refractivity contribution in [1.82, 2.24) is 20.1 Å². The number of fused-ring (bicyclic) bond motifs is 1. The van der Waals surface area contributed by atoms with Crippen molar-refractivity contribution in [3.8, 4) is 0 Å². The van der Waals surface area contributed by atoms with E-state index in [-0.39, 0.29) is 11.4 Å². The number of carboxylic acid groups (broad SMARTS) is 1. The van der Waals surface area contributed by atoms with Crippen molar-refractivity contribution in [2.24, 2.45) is 0 Å². The SMILES string of the molecule is Cc1nn(C(C)(C)C)c2nc(C3CC3)cc(C(=O)NC3(C(=O)O)CC3)c12. The van der Waals surface area contributed by atoms with Gasteiger partial charge in [0.1, 0.15) is 5.54 Å². The molecule has 0 unspecified atom stereocenters. The minimum Gasteiger partial charge on any atom is -0.480 e. The number of amides is 1. The number of nitrogens with zero attached hydrogens (tertiary/aromatic N) is 3. The van der Waals surface area contributed by atoms with Crippen LogP contribution in [0.15, 0.2) is 6.07 Å². The summed E-state index contributed by atoms with van der Waals surface area (Å²) in [4.78, 5) is 29.3. The van der Waals surface area contributed by atoms with Crippen molar-refractivity contribution in [2.45, 2.75) is 70.4 Å². The van der Waals surface area contributed by atoms with Gasteiger partial charge in [-0.15, -0.1) is 0 Å². The van der Waals surface area contributed by atoms with E-state index in [4.69, 9.17) is 4.98 Å². The number of aliphatic carboxylic acids is 1. The number of rotatable bonds is 4. The van der Waals surface area contributed by atoms with Crippen LogP contribution in [0.5, 0.6) is 0 Å². The van der Waals surface area contributed by atoms with Crippen molar-refractivity contribution in [1.29, 1.82) is 0 Å². The lowest BCUT2D eigenvalue weighted by Crippen LogP contribution is -2.43. The number of aryl methyl sites for hydroxylation is 1. The van der Waals surface area contributed by atoms with Crippen LogP contribution in [0.2, 0.25) is 0 Å². The Morgan fingerprint density at radius 3 is 2.46 bits per heavy atom. The molecule has 0 spiro atoms. The van der Waals surface area contributed by atoms with E-state index in [1.54, 1.807) is 0 Å². The van der Waals surface area contributed by atoms with E-state index in [1.807, 2.05) is 38.4 Å². The molecule has 0 aliphatic heterocycles. The van der Waals surface area contributed by atoms with E-state index in [0.717, 1.165) is 24.2 Å². The number of hydrogen-bond donors (Lipinski definition) is 2. The Morgan fingerprint density at radius 1 is 1.31 bits per heavy atom. The van der Waals surface area contributed by atoms with Gasteiger partial charge in [0, 0.05) is 11.6 Å². The van der Waals surface area contributed by atoms with Crippen LogP contribution in [-0.2, 0) is 10.3 Å². The third-order valence-electron chi connectivity index (χ3n) is 5.22. The Hall–Kier alpha value is -2.44. The summed E-state index contributed by atoms with van der Waals surface area (Å²) in [6.45, 7) is 8.01. The van der Waals surface area contributed by atoms with E-state index >= 15 is 0 Å². The molecule has 26 heavy (non-hydrogen) atoms. The van der Waals surface area contributed by atoms with Crippen molar-refractivity contribution < 1.29 is 14.7 Å². The van der Waals surface area contributed by atoms with Gasteiger partial charge in [0.15, 0.2) is 5.65 Å². The summed E-state index contributed by atoms with van der Waals surface area (Å²) in [5.41, 5.74) is 1.43. The minimum atomic E-state index is -1.11. The Kier molecular flexibility index (Phi) is 3.45. The molecule has 7 heteroatoms. The molecule has 2 aromatic rings. The second kappa shape index (κ2) is 5.28. The van der Waals surface area contributed by atoms with Crippen LogP contribution < -0.4 is 5.32 Å². The lowest BCUT2D eigenvalue weighted by atomic mass is 10.1. The van der Waals surface area contributed by atoms with Crippen LogP contribution in [0.3, 0.4) is 0 Å². The maximum atomic E-state index is 13.0. The summed E-state index contributed by atoms with van der Waals surface area (Å²) in [6, 6.07) is 1.83. The van der Waals surface area contributed by atoms with E-state index in [2.05, 4.69) is 10.4 Å². The summed E-state index contributed by atoms with van der Waals surface area (Å²) < 4.78 is 1.87. The van der Waals surface area contributed by atoms with E-state index in [1.165, 1.54) is 0 Å². The van der Waals surface area contributed by atoms with Crippen molar-refractivity contribution in [2.75, 3.05) is 0 Å². The summed E-state index contributed by atoms with van der Waals surface area (Å²) >= 11 is 0. The molecule has 2 aliphatic rings. The highest BCUT2D eigenvalue weighted by atomic mass is 16.4. The number of hydrogen-bond acceptors (Lipinski definition) is 4. The van der Waals surface area contributed by atoms with Crippen LogP contribution in [0.4, 0.5) is 0 Å². The van der Waals surface area contributed by atoms with Gasteiger partial charge >= 0.3 is 5.97 Å². The van der Waals surface area contributed by atoms with Gasteiger partial charge in [-0.1, -0.05) is 0 Å². The largest absolute Gasteiger partial charge is 0.480 e. The summed E-state index contributed by atoms with van der Waals surface area (Å²) in [5, 5.41) is 17.5. The molecule has 1 amide bonds. The first-order valence-electron chi connectivity index (χ1n) is 9.09. The zero-order valence-corrected chi connectivity index (χ0v) is 15.6. The fourth-order valence-corrected chi connectivity index (χ4v) is 3.35. The fourth-order valence-electron chi connectivity index (χ4n) is 3.35. The molecule has 2 saturated carbocycles. The average Bonchev–Trinajstić information content (AvgIpc) is 3.45. The Bertz CT molecular complexity index is 930. The zero-order valence-electron chi connectivity index (χ0n) is 15.6. The van der Waals surface area contributed by atoms with Crippen molar-refractivity contribution in [3.05, 3.63) is 23.0 Å². The van der Waals surface area contributed by atoms with E-state index in [9.17, 15) is 14.7 Å². The van der Waals surface area contributed by atoms with Gasteiger partial charge in [0.05, 0.1) is 22.2 Å². The molecule has 0 radical (unpaired) electrons. The molecule has 4 rings (SSSR count). The monoisotopic (exact) mass is 356 g/mol. The first kappa shape index (κ1) is 17.0. The molecule has 7 nitrogen and oxygen atoms in total. The Labute approximate surface area is 151 Å². The third-order valence-corrected chi connectivity index (χ3v) is 5.22. The van der Waals surface area contributed by atoms with Crippen LogP contribution >= 0.6 is 0 Å². The Balaban J connectivity index is 1.86. The lowest BCUT2D eigenvalue weighted by molar-refractivity contribution is -0.140. The molecule has 2 heterocycles. The average molecular weight is 356 g/mol. The highest BCUT2D eigenvalue weighted by molar-refractivity contribution is 6.08. The second-order valence-corrected chi connectivity index (χ2v) is 8.58. The van der Waals surface area contributed by atoms with Crippen LogP contribution in [0.1, 0.15) is 74.1 Å². The summed E-state index contributed by atoms with van der Waals surface area (Å²) in [5.74, 6) is -0.944. The quantitative estimate of drug-likeness (QED) is 0.878. The highest BCUT2D eigenvalue weighted by Gasteiger charge is 2.52. The van der Waals surface area contributed by atoms with Gasteiger partial charge in [-0.05, 0) is 59.4 Å². The number of aromatic nitrogens is 3. The first-order chi connectivity index (χ1) is 12.1. The van der Waals surface area contributed by atoms with Gasteiger partial charge in [0.2, 0.25) is 0 Å². The van der Waals surface area contributed by atoms with E-state index in [0.29, 0.717) is 35.4 Å². The highest BCUT2D eigenvalue weighted by Crippen LogP contribution is 2.41. The van der Waals surface area contributed by atoms with Crippen LogP contribution in [0.25, 0.3) is 11.0 Å². The summed E-state index contributed by atoms with van der Waals surface area (Å²) in [7, 11) is 0. The first-order valence-corrected chi connectivity index (χ1v) is 9.09. The molecule has 2 fully saturated rings. The molecule has 0 aromatic carbocycles. The van der Waals surface area contributed by atoms with Gasteiger partial charge in [-0.25, -0.2) is 14.5 Å². The maximum Gasteiger partial charge on any atom is 0.329 e. The standard InChI is InChI=1S/C19H24N4O3/c1-10-14-12(16(24)21-19(7-8-19)17(25)26)9-13(11-5-6-11)20-15(14)23(22-10)18(2,3)4/h9,11H,5-8H2,1-4H3,(H,21,24)(H,25,26). The number of nitrogens with one attached hydrogen (secondary N) is 1. The fraction of sp³-hybridized carbons (Fsp3) is 0.579. The van der Waals surface area contributed by atoms with E-state index < -0.39 is 11.5 Å². The third kappa shape index (κ3) is 2.66. The van der Waals surface area contributed by atoms with Crippen molar-refractivity contribution in [3.63, 3.8) is 0 Å². The van der Waals surface area contributed by atoms with Crippen molar-refractivity contribution >= 4 is 22.9 Å². The molecular formula is C19H24N4O3. The molecular weight excluding hydrogens is 332 g/mol. The van der Waals surface area contributed by atoms with Gasteiger partial charge < -0.3 is 10.4 Å². The molecule has 0 bridgehead atoms.